The fraction of sp³-hybridized carbons (Fsp3) is 0.133. The molecule has 1 aromatic carbocycles. The van der Waals surface area contributed by atoms with E-state index in [9.17, 15) is 4.79 Å². The zero-order valence-corrected chi connectivity index (χ0v) is 11.6. The van der Waals surface area contributed by atoms with Crippen LogP contribution in [0.5, 0.6) is 0 Å². The van der Waals surface area contributed by atoms with Crippen LogP contribution in [0.4, 0.5) is 0 Å². The van der Waals surface area contributed by atoms with Crippen molar-refractivity contribution in [2.75, 3.05) is 0 Å². The first-order chi connectivity index (χ1) is 9.63. The van der Waals surface area contributed by atoms with Crippen LogP contribution in [0.1, 0.15) is 11.5 Å². The van der Waals surface area contributed by atoms with E-state index in [0.29, 0.717) is 17.5 Å². The quantitative estimate of drug-likeness (QED) is 0.680. The molecule has 0 N–H and O–H groups in total. The van der Waals surface area contributed by atoms with Gasteiger partial charge in [0, 0.05) is 11.8 Å². The lowest BCUT2D eigenvalue weighted by Crippen LogP contribution is -2.21. The number of pyridine rings is 1. The molecule has 0 radical (unpaired) electrons. The molecule has 100 valence electrons. The summed E-state index contributed by atoms with van der Waals surface area (Å²) in [5.41, 5.74) is 1.57. The summed E-state index contributed by atoms with van der Waals surface area (Å²) in [4.78, 5) is 20.6. The zero-order chi connectivity index (χ0) is 14.1. The maximum atomic E-state index is 12.1. The summed E-state index contributed by atoms with van der Waals surface area (Å²) < 4.78 is 1.65. The molecule has 0 aliphatic rings. The number of benzene rings is 1. The van der Waals surface area contributed by atoms with Gasteiger partial charge in [-0.15, -0.1) is 0 Å². The number of hydrogen-bond donors (Lipinski definition) is 0. The van der Waals surface area contributed by atoms with Crippen molar-refractivity contribution in [1.29, 1.82) is 0 Å². The molecule has 0 saturated heterocycles. The molecule has 20 heavy (non-hydrogen) atoms. The minimum absolute atomic E-state index is 0.0788. The molecule has 2 aromatic heterocycles. The van der Waals surface area contributed by atoms with E-state index in [4.69, 9.17) is 11.6 Å². The molecule has 0 unspecified atom stereocenters. The van der Waals surface area contributed by atoms with E-state index in [2.05, 4.69) is 9.97 Å². The second-order valence-electron chi connectivity index (χ2n) is 4.56. The summed E-state index contributed by atoms with van der Waals surface area (Å²) in [6.07, 6.45) is 0. The minimum atomic E-state index is -0.0788. The molecule has 3 aromatic rings. The van der Waals surface area contributed by atoms with Crippen molar-refractivity contribution in [1.82, 2.24) is 14.5 Å². The van der Waals surface area contributed by atoms with Crippen molar-refractivity contribution >= 4 is 22.5 Å². The highest BCUT2D eigenvalue weighted by Crippen LogP contribution is 2.13. The topological polar surface area (TPSA) is 47.8 Å². The highest BCUT2D eigenvalue weighted by Gasteiger charge is 2.06. The fourth-order valence-corrected chi connectivity index (χ4v) is 2.46. The number of aromatic nitrogens is 3. The smallest absolute Gasteiger partial charge is 0.251 e. The maximum Gasteiger partial charge on any atom is 0.251 e. The van der Waals surface area contributed by atoms with E-state index >= 15 is 0 Å². The Labute approximate surface area is 120 Å². The van der Waals surface area contributed by atoms with Crippen molar-refractivity contribution in [2.45, 2.75) is 13.5 Å². The summed E-state index contributed by atoms with van der Waals surface area (Å²) >= 11 is 5.94. The van der Waals surface area contributed by atoms with Gasteiger partial charge in [-0.1, -0.05) is 29.8 Å². The summed E-state index contributed by atoms with van der Waals surface area (Å²) in [5, 5.41) is 1.40. The number of para-hydroxylation sites is 1. The lowest BCUT2D eigenvalue weighted by molar-refractivity contribution is 0.737. The highest BCUT2D eigenvalue weighted by atomic mass is 35.5. The van der Waals surface area contributed by atoms with Crippen molar-refractivity contribution in [3.8, 4) is 0 Å². The SMILES string of the molecule is Cc1cc(Cl)nc(Cn2c(=O)ccc3ccccc32)n1. The molecule has 0 atom stereocenters. The van der Waals surface area contributed by atoms with E-state index < -0.39 is 0 Å². The Hall–Kier alpha value is -2.20. The van der Waals surface area contributed by atoms with Crippen LogP contribution < -0.4 is 5.56 Å². The predicted molar refractivity (Wildman–Crippen MR) is 79.1 cm³/mol. The molecular weight excluding hydrogens is 274 g/mol. The number of fused-ring (bicyclic) bond motifs is 1. The molecule has 0 saturated carbocycles. The second-order valence-corrected chi connectivity index (χ2v) is 4.95. The van der Waals surface area contributed by atoms with E-state index in [0.717, 1.165) is 16.6 Å². The first-order valence-corrected chi connectivity index (χ1v) is 6.60. The molecule has 2 heterocycles. The van der Waals surface area contributed by atoms with E-state index in [1.807, 2.05) is 37.3 Å². The third kappa shape index (κ3) is 2.42. The van der Waals surface area contributed by atoms with Gasteiger partial charge in [-0.2, -0.15) is 0 Å². The molecule has 5 heteroatoms. The average molecular weight is 286 g/mol. The predicted octanol–water partition coefficient (Wildman–Crippen LogP) is 2.80. The first-order valence-electron chi connectivity index (χ1n) is 6.22. The first kappa shape index (κ1) is 12.8. The standard InChI is InChI=1S/C15H12ClN3O/c1-10-8-13(16)18-14(17-10)9-19-12-5-3-2-4-11(12)6-7-15(19)20/h2-8H,9H2,1H3. The molecule has 0 bridgehead atoms. The van der Waals surface area contributed by atoms with Crippen LogP contribution in [0.3, 0.4) is 0 Å². The van der Waals surface area contributed by atoms with Gasteiger partial charge in [-0.05, 0) is 30.5 Å². The third-order valence-corrected chi connectivity index (χ3v) is 3.26. The lowest BCUT2D eigenvalue weighted by Gasteiger charge is -2.09. The molecule has 4 nitrogen and oxygen atoms in total. The van der Waals surface area contributed by atoms with Gasteiger partial charge in [0.2, 0.25) is 0 Å². The Morgan fingerprint density at radius 2 is 1.95 bits per heavy atom. The average Bonchev–Trinajstić information content (AvgIpc) is 2.41. The van der Waals surface area contributed by atoms with E-state index in [1.165, 1.54) is 0 Å². The van der Waals surface area contributed by atoms with Crippen LogP contribution in [-0.2, 0) is 6.54 Å². The Morgan fingerprint density at radius 1 is 1.15 bits per heavy atom. The largest absolute Gasteiger partial charge is 0.301 e. The number of hydrogen-bond acceptors (Lipinski definition) is 3. The van der Waals surface area contributed by atoms with Gasteiger partial charge in [0.1, 0.15) is 11.0 Å². The Kier molecular flexibility index (Phi) is 3.24. The van der Waals surface area contributed by atoms with Crippen LogP contribution in [-0.4, -0.2) is 14.5 Å². The van der Waals surface area contributed by atoms with Gasteiger partial charge in [0.25, 0.3) is 5.56 Å². The number of nitrogens with zero attached hydrogens (tertiary/aromatic N) is 3. The Morgan fingerprint density at radius 3 is 2.75 bits per heavy atom. The number of rotatable bonds is 2. The van der Waals surface area contributed by atoms with Crippen LogP contribution in [0.15, 0.2) is 47.3 Å². The number of halogens is 1. The molecule has 0 amide bonds. The van der Waals surface area contributed by atoms with Crippen molar-refractivity contribution < 1.29 is 0 Å². The molecule has 0 spiro atoms. The van der Waals surface area contributed by atoms with Crippen molar-refractivity contribution in [2.24, 2.45) is 0 Å². The number of aryl methyl sites for hydroxylation is 1. The highest BCUT2D eigenvalue weighted by molar-refractivity contribution is 6.29. The normalized spacial score (nSPS) is 10.9. The Balaban J connectivity index is 2.15. The summed E-state index contributed by atoms with van der Waals surface area (Å²) in [6, 6.07) is 12.8. The minimum Gasteiger partial charge on any atom is -0.301 e. The molecule has 3 rings (SSSR count). The summed E-state index contributed by atoms with van der Waals surface area (Å²) in [7, 11) is 0. The fourth-order valence-electron chi connectivity index (χ4n) is 2.21. The Bertz CT molecular complexity index is 822. The van der Waals surface area contributed by atoms with Crippen LogP contribution in [0.2, 0.25) is 5.15 Å². The summed E-state index contributed by atoms with van der Waals surface area (Å²) in [6.45, 7) is 2.16. The van der Waals surface area contributed by atoms with E-state index in [1.54, 1.807) is 16.7 Å². The van der Waals surface area contributed by atoms with Gasteiger partial charge in [0.05, 0.1) is 12.1 Å². The third-order valence-electron chi connectivity index (χ3n) is 3.07. The zero-order valence-electron chi connectivity index (χ0n) is 10.9. The van der Waals surface area contributed by atoms with Gasteiger partial charge >= 0.3 is 0 Å². The van der Waals surface area contributed by atoms with Gasteiger partial charge in [0.15, 0.2) is 0 Å². The van der Waals surface area contributed by atoms with Crippen LogP contribution >= 0.6 is 11.6 Å². The lowest BCUT2D eigenvalue weighted by atomic mass is 10.2. The molecule has 0 fully saturated rings. The van der Waals surface area contributed by atoms with Crippen LogP contribution in [0, 0.1) is 6.92 Å². The molecule has 0 aliphatic carbocycles. The van der Waals surface area contributed by atoms with Gasteiger partial charge in [-0.25, -0.2) is 9.97 Å². The molecular formula is C15H12ClN3O. The molecule has 0 aliphatic heterocycles. The van der Waals surface area contributed by atoms with Gasteiger partial charge in [-0.3, -0.25) is 4.79 Å². The second kappa shape index (κ2) is 5.06. The maximum absolute atomic E-state index is 12.1. The summed E-state index contributed by atoms with van der Waals surface area (Å²) in [5.74, 6) is 0.536. The van der Waals surface area contributed by atoms with E-state index in [-0.39, 0.29) is 5.56 Å². The van der Waals surface area contributed by atoms with Gasteiger partial charge < -0.3 is 4.57 Å². The monoisotopic (exact) mass is 285 g/mol. The van der Waals surface area contributed by atoms with Crippen LogP contribution in [0.25, 0.3) is 10.9 Å². The van der Waals surface area contributed by atoms with Crippen molar-refractivity contribution in [3.05, 3.63) is 69.5 Å². The van der Waals surface area contributed by atoms with Crippen molar-refractivity contribution in [3.63, 3.8) is 0 Å².